The summed E-state index contributed by atoms with van der Waals surface area (Å²) in [7, 11) is 0. The van der Waals surface area contributed by atoms with Gasteiger partial charge in [0.2, 0.25) is 11.8 Å². The molecule has 3 aromatic rings. The molecule has 3 aromatic carbocycles. The van der Waals surface area contributed by atoms with Gasteiger partial charge in [0.05, 0.1) is 0 Å². The summed E-state index contributed by atoms with van der Waals surface area (Å²) >= 11 is 6.23. The van der Waals surface area contributed by atoms with E-state index in [4.69, 9.17) is 11.6 Å². The van der Waals surface area contributed by atoms with Crippen molar-refractivity contribution in [1.29, 1.82) is 0 Å². The van der Waals surface area contributed by atoms with Crippen molar-refractivity contribution in [2.75, 3.05) is 0 Å². The topological polar surface area (TPSA) is 49.4 Å². The van der Waals surface area contributed by atoms with Crippen molar-refractivity contribution in [3.05, 3.63) is 106 Å². The number of halogens is 2. The SMILES string of the molecule is CC(C)C(=O)N(Cc1ccc(F)cc1)[C@@H](C(=O)NCc1ccccc1Cl)c1ccccc1. The monoisotopic (exact) mass is 452 g/mol. The number of carbonyl (C=O) groups is 2. The fraction of sp³-hybridized carbons (Fsp3) is 0.231. The Morgan fingerprint density at radius 2 is 1.56 bits per heavy atom. The lowest BCUT2D eigenvalue weighted by molar-refractivity contribution is -0.144. The molecule has 0 aliphatic heterocycles. The number of nitrogens with zero attached hydrogens (tertiary/aromatic N) is 1. The van der Waals surface area contributed by atoms with E-state index in [1.54, 1.807) is 36.9 Å². The molecule has 0 aromatic heterocycles. The van der Waals surface area contributed by atoms with E-state index in [2.05, 4.69) is 5.32 Å². The van der Waals surface area contributed by atoms with Gasteiger partial charge >= 0.3 is 0 Å². The Morgan fingerprint density at radius 1 is 0.938 bits per heavy atom. The van der Waals surface area contributed by atoms with Crippen LogP contribution in [-0.4, -0.2) is 16.7 Å². The molecule has 6 heteroatoms. The Hall–Kier alpha value is -3.18. The zero-order valence-electron chi connectivity index (χ0n) is 18.1. The Morgan fingerprint density at radius 3 is 2.19 bits per heavy atom. The third-order valence-electron chi connectivity index (χ3n) is 5.13. The van der Waals surface area contributed by atoms with Gasteiger partial charge in [-0.3, -0.25) is 9.59 Å². The molecule has 0 saturated heterocycles. The fourth-order valence-corrected chi connectivity index (χ4v) is 3.65. The van der Waals surface area contributed by atoms with Gasteiger partial charge in [0.1, 0.15) is 11.9 Å². The van der Waals surface area contributed by atoms with Crippen LogP contribution < -0.4 is 5.32 Å². The molecule has 0 fully saturated rings. The summed E-state index contributed by atoms with van der Waals surface area (Å²) < 4.78 is 13.4. The van der Waals surface area contributed by atoms with Gasteiger partial charge in [-0.2, -0.15) is 0 Å². The summed E-state index contributed by atoms with van der Waals surface area (Å²) in [6.07, 6.45) is 0. The summed E-state index contributed by atoms with van der Waals surface area (Å²) in [4.78, 5) is 28.2. The molecule has 0 heterocycles. The first-order valence-electron chi connectivity index (χ1n) is 10.5. The second-order valence-electron chi connectivity index (χ2n) is 7.87. The predicted octanol–water partition coefficient (Wildman–Crippen LogP) is 5.52. The van der Waals surface area contributed by atoms with Crippen molar-refractivity contribution in [3.8, 4) is 0 Å². The van der Waals surface area contributed by atoms with Crippen molar-refractivity contribution in [1.82, 2.24) is 10.2 Å². The molecule has 0 aliphatic rings. The van der Waals surface area contributed by atoms with Gasteiger partial charge < -0.3 is 10.2 Å². The second-order valence-corrected chi connectivity index (χ2v) is 8.28. The van der Waals surface area contributed by atoms with Crippen molar-refractivity contribution < 1.29 is 14.0 Å². The minimum absolute atomic E-state index is 0.170. The van der Waals surface area contributed by atoms with Crippen LogP contribution in [0.2, 0.25) is 5.02 Å². The Labute approximate surface area is 193 Å². The zero-order chi connectivity index (χ0) is 23.1. The average molecular weight is 453 g/mol. The third kappa shape index (κ3) is 5.95. The van der Waals surface area contributed by atoms with Gasteiger partial charge in [-0.25, -0.2) is 4.39 Å². The van der Waals surface area contributed by atoms with Gasteiger partial charge in [0.25, 0.3) is 0 Å². The smallest absolute Gasteiger partial charge is 0.247 e. The maximum absolute atomic E-state index is 13.4. The number of hydrogen-bond donors (Lipinski definition) is 1. The minimum Gasteiger partial charge on any atom is -0.350 e. The van der Waals surface area contributed by atoms with Crippen molar-refractivity contribution >= 4 is 23.4 Å². The molecule has 4 nitrogen and oxygen atoms in total. The van der Waals surface area contributed by atoms with Crippen LogP contribution >= 0.6 is 11.6 Å². The summed E-state index contributed by atoms with van der Waals surface area (Å²) in [5, 5.41) is 3.49. The summed E-state index contributed by atoms with van der Waals surface area (Å²) in [5.41, 5.74) is 2.22. The molecule has 0 bridgehead atoms. The van der Waals surface area contributed by atoms with E-state index >= 15 is 0 Å². The first kappa shape index (κ1) is 23.5. The normalized spacial score (nSPS) is 11.8. The molecule has 166 valence electrons. The predicted molar refractivity (Wildman–Crippen MR) is 124 cm³/mol. The molecule has 0 spiro atoms. The van der Waals surface area contributed by atoms with Gasteiger partial charge in [-0.05, 0) is 34.9 Å². The Balaban J connectivity index is 1.94. The number of rotatable bonds is 8. The second kappa shape index (κ2) is 10.9. The zero-order valence-corrected chi connectivity index (χ0v) is 18.9. The molecule has 0 aliphatic carbocycles. The van der Waals surface area contributed by atoms with Crippen LogP contribution in [-0.2, 0) is 22.7 Å². The maximum atomic E-state index is 13.4. The third-order valence-corrected chi connectivity index (χ3v) is 5.50. The van der Waals surface area contributed by atoms with Crippen molar-refractivity contribution in [3.63, 3.8) is 0 Å². The van der Waals surface area contributed by atoms with Crippen LogP contribution in [0.4, 0.5) is 4.39 Å². The van der Waals surface area contributed by atoms with Gasteiger partial charge in [0, 0.05) is 24.0 Å². The van der Waals surface area contributed by atoms with Gasteiger partial charge in [0.15, 0.2) is 0 Å². The first-order valence-corrected chi connectivity index (χ1v) is 10.9. The van der Waals surface area contributed by atoms with E-state index in [1.165, 1.54) is 12.1 Å². The highest BCUT2D eigenvalue weighted by Crippen LogP contribution is 2.26. The number of benzene rings is 3. The molecule has 0 radical (unpaired) electrons. The van der Waals surface area contributed by atoms with E-state index in [9.17, 15) is 14.0 Å². The molecule has 1 atom stereocenters. The van der Waals surface area contributed by atoms with Gasteiger partial charge in [-0.1, -0.05) is 86.1 Å². The largest absolute Gasteiger partial charge is 0.350 e. The molecule has 0 saturated carbocycles. The van der Waals surface area contributed by atoms with Gasteiger partial charge in [-0.15, -0.1) is 0 Å². The average Bonchev–Trinajstić information content (AvgIpc) is 2.79. The van der Waals surface area contributed by atoms with Crippen LogP contribution in [0.3, 0.4) is 0 Å². The lowest BCUT2D eigenvalue weighted by Crippen LogP contribution is -2.44. The molecule has 1 N–H and O–H groups in total. The van der Waals surface area contributed by atoms with Crippen LogP contribution in [0.25, 0.3) is 0 Å². The lowest BCUT2D eigenvalue weighted by Gasteiger charge is -2.33. The molecule has 32 heavy (non-hydrogen) atoms. The van der Waals surface area contributed by atoms with E-state index < -0.39 is 6.04 Å². The quantitative estimate of drug-likeness (QED) is 0.489. The van der Waals surface area contributed by atoms with E-state index in [0.29, 0.717) is 10.6 Å². The standard InChI is InChI=1S/C26H26ClFN2O2/c1-18(2)26(32)30(17-19-12-14-22(28)15-13-19)24(20-8-4-3-5-9-20)25(31)29-16-21-10-6-7-11-23(21)27/h3-15,18,24H,16-17H2,1-2H3,(H,29,31)/t24-/m1/s1. The number of hydrogen-bond acceptors (Lipinski definition) is 2. The molecule has 0 unspecified atom stereocenters. The highest BCUT2D eigenvalue weighted by molar-refractivity contribution is 6.31. The Kier molecular flexibility index (Phi) is 8.01. The Bertz CT molecular complexity index is 1050. The van der Waals surface area contributed by atoms with Crippen LogP contribution in [0, 0.1) is 11.7 Å². The number of amides is 2. The van der Waals surface area contributed by atoms with E-state index in [-0.39, 0.29) is 36.6 Å². The lowest BCUT2D eigenvalue weighted by atomic mass is 10.0. The number of nitrogens with one attached hydrogen (secondary N) is 1. The van der Waals surface area contributed by atoms with Crippen LogP contribution in [0.15, 0.2) is 78.9 Å². The fourth-order valence-electron chi connectivity index (χ4n) is 3.44. The molecular weight excluding hydrogens is 427 g/mol. The molecular formula is C26H26ClFN2O2. The highest BCUT2D eigenvalue weighted by atomic mass is 35.5. The van der Waals surface area contributed by atoms with Crippen LogP contribution in [0.1, 0.15) is 36.6 Å². The number of carbonyl (C=O) groups excluding carboxylic acids is 2. The highest BCUT2D eigenvalue weighted by Gasteiger charge is 2.32. The van der Waals surface area contributed by atoms with Crippen molar-refractivity contribution in [2.24, 2.45) is 5.92 Å². The summed E-state index contributed by atoms with van der Waals surface area (Å²) in [6.45, 7) is 4.01. The van der Waals surface area contributed by atoms with Crippen LogP contribution in [0.5, 0.6) is 0 Å². The van der Waals surface area contributed by atoms with Crippen molar-refractivity contribution in [2.45, 2.75) is 33.0 Å². The summed E-state index contributed by atoms with van der Waals surface area (Å²) in [6, 6.07) is 21.6. The first-order chi connectivity index (χ1) is 15.4. The molecule has 3 rings (SSSR count). The minimum atomic E-state index is -0.848. The van der Waals surface area contributed by atoms with E-state index in [0.717, 1.165) is 11.1 Å². The maximum Gasteiger partial charge on any atom is 0.247 e. The van der Waals surface area contributed by atoms with E-state index in [1.807, 2.05) is 48.5 Å². The molecule has 2 amide bonds. The summed E-state index contributed by atoms with van der Waals surface area (Å²) in [5.74, 6) is -1.16.